The van der Waals surface area contributed by atoms with Gasteiger partial charge >= 0.3 is 6.09 Å². The van der Waals surface area contributed by atoms with Crippen molar-refractivity contribution in [2.75, 3.05) is 5.73 Å². The number of anilines is 1. The van der Waals surface area contributed by atoms with Gasteiger partial charge in [0.25, 0.3) is 0 Å². The van der Waals surface area contributed by atoms with Crippen molar-refractivity contribution in [2.24, 2.45) is 0 Å². The summed E-state index contributed by atoms with van der Waals surface area (Å²) in [7, 11) is 0. The quantitative estimate of drug-likeness (QED) is 0.580. The standard InChI is InChI=1S/C12H14IN3O2/c1-12(2,3)18-11(17)16-9-6-7(14)4-5-8(9)15-10(16)13/h4-6H,14H2,1-3H3. The van der Waals surface area contributed by atoms with E-state index in [0.717, 1.165) is 5.52 Å². The third-order valence-electron chi connectivity index (χ3n) is 2.21. The molecule has 0 aliphatic carbocycles. The van der Waals surface area contributed by atoms with E-state index in [1.54, 1.807) is 18.2 Å². The van der Waals surface area contributed by atoms with Gasteiger partial charge in [-0.15, -0.1) is 0 Å². The van der Waals surface area contributed by atoms with Crippen LogP contribution in [0.5, 0.6) is 0 Å². The maximum atomic E-state index is 12.1. The molecule has 2 N–H and O–H groups in total. The lowest BCUT2D eigenvalue weighted by Gasteiger charge is -2.19. The molecular formula is C12H14IN3O2. The Kier molecular flexibility index (Phi) is 3.22. The van der Waals surface area contributed by atoms with Gasteiger partial charge in [0.05, 0.1) is 11.0 Å². The number of ether oxygens (including phenoxy) is 1. The Hall–Kier alpha value is -1.31. The molecular weight excluding hydrogens is 345 g/mol. The number of halogens is 1. The highest BCUT2D eigenvalue weighted by molar-refractivity contribution is 14.1. The number of aromatic nitrogens is 2. The Morgan fingerprint density at radius 2 is 2.11 bits per heavy atom. The molecule has 0 aliphatic rings. The molecule has 0 spiro atoms. The van der Waals surface area contributed by atoms with Gasteiger partial charge in [0.15, 0.2) is 3.83 Å². The first kappa shape index (κ1) is 13.1. The zero-order valence-electron chi connectivity index (χ0n) is 10.4. The predicted molar refractivity (Wildman–Crippen MR) is 78.5 cm³/mol. The maximum Gasteiger partial charge on any atom is 0.421 e. The molecule has 1 aromatic carbocycles. The van der Waals surface area contributed by atoms with Crippen LogP contribution in [0.2, 0.25) is 0 Å². The average Bonchev–Trinajstić information content (AvgIpc) is 2.50. The maximum absolute atomic E-state index is 12.1. The van der Waals surface area contributed by atoms with Crippen LogP contribution in [0.1, 0.15) is 20.8 Å². The van der Waals surface area contributed by atoms with Crippen molar-refractivity contribution in [2.45, 2.75) is 26.4 Å². The van der Waals surface area contributed by atoms with Gasteiger partial charge in [0, 0.05) is 28.3 Å². The second kappa shape index (κ2) is 4.42. The van der Waals surface area contributed by atoms with E-state index in [-0.39, 0.29) is 0 Å². The van der Waals surface area contributed by atoms with Gasteiger partial charge in [0.1, 0.15) is 5.60 Å². The number of nitrogen functional groups attached to an aromatic ring is 1. The minimum atomic E-state index is -0.545. The van der Waals surface area contributed by atoms with Crippen LogP contribution in [0.25, 0.3) is 11.0 Å². The summed E-state index contributed by atoms with van der Waals surface area (Å²) >= 11 is 2.00. The fourth-order valence-corrected chi connectivity index (χ4v) is 2.26. The highest BCUT2D eigenvalue weighted by Gasteiger charge is 2.22. The minimum absolute atomic E-state index is 0.444. The van der Waals surface area contributed by atoms with E-state index in [2.05, 4.69) is 4.98 Å². The molecule has 0 aliphatic heterocycles. The molecule has 0 amide bonds. The van der Waals surface area contributed by atoms with Crippen LogP contribution in [0.4, 0.5) is 10.5 Å². The number of hydrogen-bond acceptors (Lipinski definition) is 4. The molecule has 1 heterocycles. The topological polar surface area (TPSA) is 70.1 Å². The van der Waals surface area contributed by atoms with Gasteiger partial charge in [-0.1, -0.05) is 0 Å². The smallest absolute Gasteiger partial charge is 0.421 e. The Balaban J connectivity index is 2.53. The number of nitrogens with zero attached hydrogens (tertiary/aromatic N) is 2. The van der Waals surface area contributed by atoms with Gasteiger partial charge in [0.2, 0.25) is 0 Å². The Labute approximate surface area is 118 Å². The Bertz CT molecular complexity index is 614. The van der Waals surface area contributed by atoms with Crippen LogP contribution in [0.15, 0.2) is 18.2 Å². The summed E-state index contributed by atoms with van der Waals surface area (Å²) < 4.78 is 7.34. The van der Waals surface area contributed by atoms with Crippen LogP contribution >= 0.6 is 22.6 Å². The number of hydrogen-bond donors (Lipinski definition) is 1. The van der Waals surface area contributed by atoms with Gasteiger partial charge in [-0.25, -0.2) is 14.3 Å². The van der Waals surface area contributed by atoms with E-state index in [9.17, 15) is 4.79 Å². The van der Waals surface area contributed by atoms with E-state index in [1.807, 2.05) is 43.4 Å². The van der Waals surface area contributed by atoms with Crippen molar-refractivity contribution in [1.82, 2.24) is 9.55 Å². The molecule has 0 radical (unpaired) electrons. The van der Waals surface area contributed by atoms with Crippen LogP contribution in [-0.4, -0.2) is 21.2 Å². The van der Waals surface area contributed by atoms with Crippen LogP contribution in [-0.2, 0) is 4.74 Å². The SMILES string of the molecule is CC(C)(C)OC(=O)n1c(I)nc2ccc(N)cc21. The largest absolute Gasteiger partial charge is 0.443 e. The number of imidazole rings is 1. The number of nitrogens with two attached hydrogens (primary N) is 1. The second-order valence-corrected chi connectivity index (χ2v) is 5.91. The highest BCUT2D eigenvalue weighted by atomic mass is 127. The number of carbonyl (C=O) groups excluding carboxylic acids is 1. The summed E-state index contributed by atoms with van der Waals surface area (Å²) in [5.41, 5.74) is 7.16. The lowest BCUT2D eigenvalue weighted by Crippen LogP contribution is -2.27. The Morgan fingerprint density at radius 1 is 1.44 bits per heavy atom. The molecule has 6 heteroatoms. The molecule has 18 heavy (non-hydrogen) atoms. The van der Waals surface area contributed by atoms with E-state index < -0.39 is 11.7 Å². The monoisotopic (exact) mass is 359 g/mol. The van der Waals surface area contributed by atoms with Crippen LogP contribution in [0.3, 0.4) is 0 Å². The number of rotatable bonds is 0. The summed E-state index contributed by atoms with van der Waals surface area (Å²) in [6, 6.07) is 5.26. The van der Waals surface area contributed by atoms with Crippen molar-refractivity contribution in [3.05, 3.63) is 22.0 Å². The highest BCUT2D eigenvalue weighted by Crippen LogP contribution is 2.22. The third kappa shape index (κ3) is 2.58. The number of fused-ring (bicyclic) bond motifs is 1. The zero-order valence-corrected chi connectivity index (χ0v) is 12.6. The molecule has 96 valence electrons. The van der Waals surface area contributed by atoms with E-state index >= 15 is 0 Å². The summed E-state index contributed by atoms with van der Waals surface area (Å²) in [6.07, 6.45) is -0.444. The van der Waals surface area contributed by atoms with Gasteiger partial charge in [-0.05, 0) is 39.0 Å². The third-order valence-corrected chi connectivity index (χ3v) is 2.94. The molecule has 0 bridgehead atoms. The van der Waals surface area contributed by atoms with Gasteiger partial charge in [-0.3, -0.25) is 0 Å². The first-order valence-electron chi connectivity index (χ1n) is 5.45. The van der Waals surface area contributed by atoms with E-state index in [1.165, 1.54) is 4.57 Å². The normalized spacial score (nSPS) is 11.8. The van der Waals surface area contributed by atoms with Crippen LogP contribution < -0.4 is 5.73 Å². The molecule has 0 atom stereocenters. The molecule has 2 rings (SSSR count). The molecule has 0 fully saturated rings. The van der Waals surface area contributed by atoms with Crippen molar-refractivity contribution in [3.63, 3.8) is 0 Å². The molecule has 5 nitrogen and oxygen atoms in total. The van der Waals surface area contributed by atoms with E-state index in [0.29, 0.717) is 15.0 Å². The predicted octanol–water partition coefficient (Wildman–Crippen LogP) is 3.01. The second-order valence-electron chi connectivity index (χ2n) is 4.94. The molecule has 2 aromatic rings. The summed E-state index contributed by atoms with van der Waals surface area (Å²) in [5.74, 6) is 0. The molecule has 0 unspecified atom stereocenters. The number of benzene rings is 1. The molecule has 0 saturated heterocycles. The zero-order chi connectivity index (χ0) is 13.5. The van der Waals surface area contributed by atoms with Gasteiger partial charge < -0.3 is 10.5 Å². The lowest BCUT2D eigenvalue weighted by atomic mass is 10.2. The fourth-order valence-electron chi connectivity index (χ4n) is 1.54. The first-order valence-corrected chi connectivity index (χ1v) is 6.52. The van der Waals surface area contributed by atoms with Crippen molar-refractivity contribution < 1.29 is 9.53 Å². The summed E-state index contributed by atoms with van der Waals surface area (Å²) in [6.45, 7) is 5.47. The average molecular weight is 359 g/mol. The van der Waals surface area contributed by atoms with Crippen LogP contribution in [0, 0.1) is 3.83 Å². The van der Waals surface area contributed by atoms with Gasteiger partial charge in [-0.2, -0.15) is 0 Å². The lowest BCUT2D eigenvalue weighted by molar-refractivity contribution is 0.0539. The summed E-state index contributed by atoms with van der Waals surface area (Å²) in [5, 5.41) is 0. The Morgan fingerprint density at radius 3 is 2.72 bits per heavy atom. The number of carbonyl (C=O) groups is 1. The minimum Gasteiger partial charge on any atom is -0.443 e. The van der Waals surface area contributed by atoms with Crippen molar-refractivity contribution in [3.8, 4) is 0 Å². The van der Waals surface area contributed by atoms with Crippen molar-refractivity contribution in [1.29, 1.82) is 0 Å². The fraction of sp³-hybridized carbons (Fsp3) is 0.333. The van der Waals surface area contributed by atoms with Crippen molar-refractivity contribution >= 4 is 45.4 Å². The van der Waals surface area contributed by atoms with E-state index in [4.69, 9.17) is 10.5 Å². The molecule has 0 saturated carbocycles. The molecule has 1 aromatic heterocycles. The first-order chi connectivity index (χ1) is 8.28. The summed E-state index contributed by atoms with van der Waals surface area (Å²) in [4.78, 5) is 16.4.